The van der Waals surface area contributed by atoms with Crippen LogP contribution in [0.15, 0.2) is 36.7 Å². The Kier molecular flexibility index (Phi) is 6.17. The molecule has 1 aliphatic heterocycles. The minimum absolute atomic E-state index is 0. The molecule has 0 spiro atoms. The third-order valence-electron chi connectivity index (χ3n) is 4.15. The van der Waals surface area contributed by atoms with Gasteiger partial charge < -0.3 is 16.0 Å². The minimum atomic E-state index is -0.154. The lowest BCUT2D eigenvalue weighted by Gasteiger charge is -2.17. The van der Waals surface area contributed by atoms with E-state index in [0.717, 1.165) is 12.1 Å². The second-order valence-corrected chi connectivity index (χ2v) is 6.07. The first-order valence-electron chi connectivity index (χ1n) is 7.90. The standard InChI is InChI=1S/C17H21N5O2.ClH/c1-11(23)20-13-4-3-5-14(6-13)21-17(24)16-9-18-8-15(16)12-7-19-22(2)10-12;/h3-7,10,15-16,18H,8-9H2,1-2H3,(H,20,23)(H,21,24);1H/t15-,16+;/m1./s1. The predicted octanol–water partition coefficient (Wildman–Crippen LogP) is 1.74. The van der Waals surface area contributed by atoms with Crippen molar-refractivity contribution in [3.8, 4) is 0 Å². The number of amides is 2. The Morgan fingerprint density at radius 1 is 1.24 bits per heavy atom. The molecule has 8 heteroatoms. The molecule has 25 heavy (non-hydrogen) atoms. The number of aryl methyl sites for hydroxylation is 1. The third-order valence-corrected chi connectivity index (χ3v) is 4.15. The largest absolute Gasteiger partial charge is 0.326 e. The Balaban J connectivity index is 0.00000225. The van der Waals surface area contributed by atoms with E-state index in [1.807, 2.05) is 25.5 Å². The van der Waals surface area contributed by atoms with Crippen molar-refractivity contribution in [3.05, 3.63) is 42.2 Å². The molecule has 3 rings (SSSR count). The minimum Gasteiger partial charge on any atom is -0.326 e. The second-order valence-electron chi connectivity index (χ2n) is 6.07. The van der Waals surface area contributed by atoms with Gasteiger partial charge in [0.2, 0.25) is 11.8 Å². The van der Waals surface area contributed by atoms with Gasteiger partial charge in [-0.05, 0) is 23.8 Å². The van der Waals surface area contributed by atoms with Crippen LogP contribution >= 0.6 is 12.4 Å². The van der Waals surface area contributed by atoms with Crippen LogP contribution in [0.25, 0.3) is 0 Å². The highest BCUT2D eigenvalue weighted by Gasteiger charge is 2.34. The number of rotatable bonds is 4. The van der Waals surface area contributed by atoms with Crippen LogP contribution < -0.4 is 16.0 Å². The number of nitrogens with zero attached hydrogens (tertiary/aromatic N) is 2. The molecule has 2 aromatic rings. The van der Waals surface area contributed by atoms with E-state index in [2.05, 4.69) is 21.0 Å². The Hall–Kier alpha value is -2.38. The van der Waals surface area contributed by atoms with Crippen LogP contribution in [0.3, 0.4) is 0 Å². The molecule has 1 aromatic carbocycles. The molecule has 0 aliphatic carbocycles. The summed E-state index contributed by atoms with van der Waals surface area (Å²) in [7, 11) is 1.87. The van der Waals surface area contributed by atoms with Crippen molar-refractivity contribution in [3.63, 3.8) is 0 Å². The van der Waals surface area contributed by atoms with E-state index >= 15 is 0 Å². The molecule has 1 aromatic heterocycles. The first kappa shape index (κ1) is 19.0. The number of halogens is 1. The molecule has 7 nitrogen and oxygen atoms in total. The topological polar surface area (TPSA) is 88.1 Å². The summed E-state index contributed by atoms with van der Waals surface area (Å²) >= 11 is 0. The molecule has 3 N–H and O–H groups in total. The van der Waals surface area contributed by atoms with Gasteiger partial charge in [0.05, 0.1) is 12.1 Å². The summed E-state index contributed by atoms with van der Waals surface area (Å²) in [5, 5.41) is 13.1. The van der Waals surface area contributed by atoms with Gasteiger partial charge in [0.25, 0.3) is 0 Å². The van der Waals surface area contributed by atoms with Crippen molar-refractivity contribution in [1.29, 1.82) is 0 Å². The summed E-state index contributed by atoms with van der Waals surface area (Å²) in [6.07, 6.45) is 3.77. The van der Waals surface area contributed by atoms with Gasteiger partial charge >= 0.3 is 0 Å². The highest BCUT2D eigenvalue weighted by atomic mass is 35.5. The molecule has 1 saturated heterocycles. The van der Waals surface area contributed by atoms with E-state index in [4.69, 9.17) is 0 Å². The SMILES string of the molecule is CC(=O)Nc1cccc(NC(=O)[C@H]2CNC[C@@H]2c2cnn(C)c2)c1.Cl. The number of carbonyl (C=O) groups is 2. The molecule has 0 saturated carbocycles. The van der Waals surface area contributed by atoms with Crippen molar-refractivity contribution in [1.82, 2.24) is 15.1 Å². The van der Waals surface area contributed by atoms with Crippen LogP contribution in [-0.2, 0) is 16.6 Å². The molecule has 2 atom stereocenters. The third kappa shape index (κ3) is 4.58. The number of anilines is 2. The molecule has 0 unspecified atom stereocenters. The van der Waals surface area contributed by atoms with Gasteiger partial charge in [-0.3, -0.25) is 14.3 Å². The molecule has 1 fully saturated rings. The zero-order valence-electron chi connectivity index (χ0n) is 14.2. The first-order chi connectivity index (χ1) is 11.5. The van der Waals surface area contributed by atoms with E-state index < -0.39 is 0 Å². The first-order valence-corrected chi connectivity index (χ1v) is 7.90. The van der Waals surface area contributed by atoms with Crippen molar-refractivity contribution < 1.29 is 9.59 Å². The lowest BCUT2D eigenvalue weighted by atomic mass is 9.90. The van der Waals surface area contributed by atoms with E-state index in [1.54, 1.807) is 22.9 Å². The van der Waals surface area contributed by atoms with E-state index in [0.29, 0.717) is 17.9 Å². The molecule has 2 heterocycles. The Morgan fingerprint density at radius 3 is 2.60 bits per heavy atom. The average Bonchev–Trinajstić information content (AvgIpc) is 3.15. The summed E-state index contributed by atoms with van der Waals surface area (Å²) in [4.78, 5) is 23.8. The normalized spacial score (nSPS) is 19.1. The monoisotopic (exact) mass is 363 g/mol. The lowest BCUT2D eigenvalue weighted by Crippen LogP contribution is -2.28. The fourth-order valence-electron chi connectivity index (χ4n) is 3.05. The van der Waals surface area contributed by atoms with E-state index in [-0.39, 0.29) is 36.1 Å². The van der Waals surface area contributed by atoms with Crippen LogP contribution in [0.5, 0.6) is 0 Å². The van der Waals surface area contributed by atoms with Gasteiger partial charge in [-0.1, -0.05) is 6.07 Å². The van der Waals surface area contributed by atoms with Gasteiger partial charge in [-0.2, -0.15) is 5.10 Å². The molecule has 134 valence electrons. The summed E-state index contributed by atoms with van der Waals surface area (Å²) < 4.78 is 1.75. The predicted molar refractivity (Wildman–Crippen MR) is 98.9 cm³/mol. The molecule has 0 bridgehead atoms. The van der Waals surface area contributed by atoms with Crippen molar-refractivity contribution in [2.24, 2.45) is 13.0 Å². The number of carbonyl (C=O) groups excluding carboxylic acids is 2. The molecular weight excluding hydrogens is 342 g/mol. The Labute approximate surface area is 152 Å². The molecule has 1 aliphatic rings. The molecule has 0 radical (unpaired) electrons. The quantitative estimate of drug-likeness (QED) is 0.772. The fourth-order valence-corrected chi connectivity index (χ4v) is 3.05. The number of hydrogen-bond acceptors (Lipinski definition) is 4. The maximum absolute atomic E-state index is 12.7. The number of benzene rings is 1. The number of nitrogens with one attached hydrogen (secondary N) is 3. The zero-order valence-corrected chi connectivity index (χ0v) is 15.0. The average molecular weight is 364 g/mol. The maximum Gasteiger partial charge on any atom is 0.229 e. The molecule has 2 amide bonds. The van der Waals surface area contributed by atoms with Crippen molar-refractivity contribution in [2.45, 2.75) is 12.8 Å². The van der Waals surface area contributed by atoms with Gasteiger partial charge in [0.15, 0.2) is 0 Å². The summed E-state index contributed by atoms with van der Waals surface area (Å²) in [6.45, 7) is 2.85. The summed E-state index contributed by atoms with van der Waals surface area (Å²) in [5.41, 5.74) is 2.39. The van der Waals surface area contributed by atoms with Crippen LogP contribution in [0.2, 0.25) is 0 Å². The Morgan fingerprint density at radius 2 is 1.96 bits per heavy atom. The second kappa shape index (κ2) is 8.13. The van der Waals surface area contributed by atoms with Gasteiger partial charge in [0, 0.05) is 50.6 Å². The summed E-state index contributed by atoms with van der Waals surface area (Å²) in [5.74, 6) is -0.222. The summed E-state index contributed by atoms with van der Waals surface area (Å²) in [6, 6.07) is 7.14. The van der Waals surface area contributed by atoms with Crippen molar-refractivity contribution in [2.75, 3.05) is 23.7 Å². The maximum atomic E-state index is 12.7. The number of hydrogen-bond donors (Lipinski definition) is 3. The van der Waals surface area contributed by atoms with Gasteiger partial charge in [-0.25, -0.2) is 0 Å². The van der Waals surface area contributed by atoms with Crippen molar-refractivity contribution >= 4 is 35.6 Å². The van der Waals surface area contributed by atoms with Crippen LogP contribution in [0.1, 0.15) is 18.4 Å². The Bertz CT molecular complexity index is 761. The van der Waals surface area contributed by atoms with E-state index in [1.165, 1.54) is 6.92 Å². The highest BCUT2D eigenvalue weighted by Crippen LogP contribution is 2.29. The fraction of sp³-hybridized carbons (Fsp3) is 0.353. The molecular formula is C17H22ClN5O2. The van der Waals surface area contributed by atoms with Gasteiger partial charge in [0.1, 0.15) is 0 Å². The zero-order chi connectivity index (χ0) is 17.1. The highest BCUT2D eigenvalue weighted by molar-refractivity contribution is 5.95. The smallest absolute Gasteiger partial charge is 0.229 e. The van der Waals surface area contributed by atoms with Crippen LogP contribution in [0.4, 0.5) is 11.4 Å². The van der Waals surface area contributed by atoms with Crippen LogP contribution in [0, 0.1) is 5.92 Å². The van der Waals surface area contributed by atoms with Crippen LogP contribution in [-0.4, -0.2) is 34.7 Å². The lowest BCUT2D eigenvalue weighted by molar-refractivity contribution is -0.119. The number of aromatic nitrogens is 2. The van der Waals surface area contributed by atoms with E-state index in [9.17, 15) is 9.59 Å². The van der Waals surface area contributed by atoms with Gasteiger partial charge in [-0.15, -0.1) is 12.4 Å².